The molecule has 0 atom stereocenters. The largest absolute Gasteiger partial charge is 0.497 e. The quantitative estimate of drug-likeness (QED) is 0.813. The number of carbonyl (C=O) groups is 1. The van der Waals surface area contributed by atoms with E-state index in [1.54, 1.807) is 48.1 Å². The number of benzene rings is 1. The summed E-state index contributed by atoms with van der Waals surface area (Å²) in [5.74, 6) is 0.920. The van der Waals surface area contributed by atoms with Gasteiger partial charge in [-0.25, -0.2) is 0 Å². The van der Waals surface area contributed by atoms with Gasteiger partial charge in [0.25, 0.3) is 5.91 Å². The highest BCUT2D eigenvalue weighted by molar-refractivity contribution is 6.31. The van der Waals surface area contributed by atoms with Crippen LogP contribution in [-0.4, -0.2) is 41.9 Å². The number of aromatic nitrogens is 2. The zero-order valence-corrected chi connectivity index (χ0v) is 14.4. The Hall–Kier alpha value is -2.21. The van der Waals surface area contributed by atoms with Crippen molar-refractivity contribution in [3.63, 3.8) is 0 Å². The fraction of sp³-hybridized carbons (Fsp3) is 0.375. The van der Waals surface area contributed by atoms with Gasteiger partial charge >= 0.3 is 0 Å². The van der Waals surface area contributed by atoms with Gasteiger partial charge < -0.3 is 14.4 Å². The van der Waals surface area contributed by atoms with E-state index in [9.17, 15) is 4.79 Å². The summed E-state index contributed by atoms with van der Waals surface area (Å²) in [6.07, 6.45) is 1.75. The molecular formula is C16H20ClN3O3. The zero-order chi connectivity index (χ0) is 17.0. The Balaban J connectivity index is 2.20. The molecule has 1 amide bonds. The number of carbonyl (C=O) groups excluding carboxylic acids is 1. The molecule has 1 aromatic carbocycles. The molecule has 0 bridgehead atoms. The van der Waals surface area contributed by atoms with E-state index in [1.807, 2.05) is 6.92 Å². The van der Waals surface area contributed by atoms with E-state index >= 15 is 0 Å². The molecule has 2 rings (SSSR count). The van der Waals surface area contributed by atoms with Gasteiger partial charge in [-0.15, -0.1) is 0 Å². The molecule has 0 N–H and O–H groups in total. The molecule has 0 saturated carbocycles. The maximum Gasteiger partial charge on any atom is 0.257 e. The van der Waals surface area contributed by atoms with Crippen LogP contribution in [0, 0.1) is 0 Å². The minimum absolute atomic E-state index is 0.174. The molecule has 1 aromatic heterocycles. The smallest absolute Gasteiger partial charge is 0.257 e. The first-order valence-electron chi connectivity index (χ1n) is 7.19. The van der Waals surface area contributed by atoms with Gasteiger partial charge in [0.2, 0.25) is 0 Å². The van der Waals surface area contributed by atoms with Crippen molar-refractivity contribution in [3.05, 3.63) is 40.7 Å². The van der Waals surface area contributed by atoms with Gasteiger partial charge in [-0.2, -0.15) is 5.10 Å². The minimum Gasteiger partial charge on any atom is -0.497 e. The van der Waals surface area contributed by atoms with Crippen LogP contribution in [0.2, 0.25) is 5.02 Å². The lowest BCUT2D eigenvalue weighted by Crippen LogP contribution is -2.27. The Morgan fingerprint density at radius 1 is 1.35 bits per heavy atom. The van der Waals surface area contributed by atoms with Gasteiger partial charge in [0.15, 0.2) is 0 Å². The first-order chi connectivity index (χ1) is 11.0. The molecule has 0 unspecified atom stereocenters. The van der Waals surface area contributed by atoms with Gasteiger partial charge in [-0.05, 0) is 19.1 Å². The number of aryl methyl sites for hydroxylation is 1. The average Bonchev–Trinajstić information content (AvgIpc) is 2.93. The second-order valence-corrected chi connectivity index (χ2v) is 5.41. The lowest BCUT2D eigenvalue weighted by Gasteiger charge is -2.18. The highest BCUT2D eigenvalue weighted by Crippen LogP contribution is 2.26. The standard InChI is InChI=1S/C16H20ClN3O3/c1-5-20-9-13(17)14(18-20)10-19(2)16(21)12-7-6-11(22-3)8-15(12)23-4/h6-9H,5,10H2,1-4H3. The molecular weight excluding hydrogens is 318 g/mol. The number of methoxy groups -OCH3 is 2. The van der Waals surface area contributed by atoms with Crippen molar-refractivity contribution in [3.8, 4) is 11.5 Å². The van der Waals surface area contributed by atoms with Gasteiger partial charge in [0.1, 0.15) is 17.2 Å². The van der Waals surface area contributed by atoms with Crippen LogP contribution in [0.4, 0.5) is 0 Å². The van der Waals surface area contributed by atoms with Crippen molar-refractivity contribution < 1.29 is 14.3 Å². The van der Waals surface area contributed by atoms with Crippen LogP contribution in [0.25, 0.3) is 0 Å². The average molecular weight is 338 g/mol. The molecule has 0 aliphatic heterocycles. The Morgan fingerprint density at radius 3 is 2.65 bits per heavy atom. The number of rotatable bonds is 6. The van der Waals surface area contributed by atoms with Crippen molar-refractivity contribution in [2.75, 3.05) is 21.3 Å². The molecule has 0 spiro atoms. The summed E-state index contributed by atoms with van der Waals surface area (Å²) in [6.45, 7) is 3.02. The maximum atomic E-state index is 12.6. The minimum atomic E-state index is -0.174. The summed E-state index contributed by atoms with van der Waals surface area (Å²) in [7, 11) is 4.78. The molecule has 0 aliphatic rings. The molecule has 2 aromatic rings. The monoisotopic (exact) mass is 337 g/mol. The third-order valence-corrected chi connectivity index (χ3v) is 3.80. The van der Waals surface area contributed by atoms with Crippen molar-refractivity contribution in [1.29, 1.82) is 0 Å². The second-order valence-electron chi connectivity index (χ2n) is 5.01. The maximum absolute atomic E-state index is 12.6. The highest BCUT2D eigenvalue weighted by Gasteiger charge is 2.19. The van der Waals surface area contributed by atoms with E-state index in [-0.39, 0.29) is 5.91 Å². The normalized spacial score (nSPS) is 10.5. The van der Waals surface area contributed by atoms with Crippen molar-refractivity contribution >= 4 is 17.5 Å². The summed E-state index contributed by atoms with van der Waals surface area (Å²) in [5.41, 5.74) is 1.12. The molecule has 7 heteroatoms. The van der Waals surface area contributed by atoms with Gasteiger partial charge in [0, 0.05) is 25.9 Å². The lowest BCUT2D eigenvalue weighted by molar-refractivity contribution is 0.0779. The molecule has 0 fully saturated rings. The lowest BCUT2D eigenvalue weighted by atomic mass is 10.1. The van der Waals surface area contributed by atoms with E-state index in [4.69, 9.17) is 21.1 Å². The van der Waals surface area contributed by atoms with E-state index in [1.165, 1.54) is 7.11 Å². The Morgan fingerprint density at radius 2 is 2.09 bits per heavy atom. The molecule has 1 heterocycles. The van der Waals surface area contributed by atoms with Crippen LogP contribution in [0.15, 0.2) is 24.4 Å². The summed E-state index contributed by atoms with van der Waals surface area (Å²) < 4.78 is 12.2. The molecule has 0 aliphatic carbocycles. The van der Waals surface area contributed by atoms with Crippen molar-refractivity contribution in [2.45, 2.75) is 20.0 Å². The first-order valence-corrected chi connectivity index (χ1v) is 7.57. The molecule has 124 valence electrons. The number of hydrogen-bond donors (Lipinski definition) is 0. The van der Waals surface area contributed by atoms with E-state index in [2.05, 4.69) is 5.10 Å². The van der Waals surface area contributed by atoms with Gasteiger partial charge in [0.05, 0.1) is 31.4 Å². The van der Waals surface area contributed by atoms with Crippen molar-refractivity contribution in [2.24, 2.45) is 0 Å². The van der Waals surface area contributed by atoms with Crippen LogP contribution >= 0.6 is 11.6 Å². The SMILES string of the molecule is CCn1cc(Cl)c(CN(C)C(=O)c2ccc(OC)cc2OC)n1. The number of halogens is 1. The fourth-order valence-electron chi connectivity index (χ4n) is 2.18. The Kier molecular flexibility index (Phi) is 5.50. The van der Waals surface area contributed by atoms with E-state index in [0.717, 1.165) is 6.54 Å². The predicted octanol–water partition coefficient (Wildman–Crippen LogP) is 2.85. The van der Waals surface area contributed by atoms with E-state index in [0.29, 0.717) is 34.3 Å². The summed E-state index contributed by atoms with van der Waals surface area (Å²) in [5, 5.41) is 4.90. The number of hydrogen-bond acceptors (Lipinski definition) is 4. The van der Waals surface area contributed by atoms with Crippen LogP contribution in [0.5, 0.6) is 11.5 Å². The Labute approximate surface area is 140 Å². The summed E-state index contributed by atoms with van der Waals surface area (Å²) >= 11 is 6.15. The van der Waals surface area contributed by atoms with Crippen LogP contribution in [0.1, 0.15) is 23.0 Å². The topological polar surface area (TPSA) is 56.6 Å². The molecule has 23 heavy (non-hydrogen) atoms. The first kappa shape index (κ1) is 17.1. The van der Waals surface area contributed by atoms with Gasteiger partial charge in [-0.1, -0.05) is 11.6 Å². The Bertz CT molecular complexity index is 700. The third-order valence-electron chi connectivity index (χ3n) is 3.48. The molecule has 0 saturated heterocycles. The number of ether oxygens (including phenoxy) is 2. The zero-order valence-electron chi connectivity index (χ0n) is 13.7. The van der Waals surface area contributed by atoms with Crippen LogP contribution in [0.3, 0.4) is 0 Å². The van der Waals surface area contributed by atoms with Crippen molar-refractivity contribution in [1.82, 2.24) is 14.7 Å². The summed E-state index contributed by atoms with van der Waals surface area (Å²) in [4.78, 5) is 14.2. The van der Waals surface area contributed by atoms with E-state index < -0.39 is 0 Å². The number of nitrogens with zero attached hydrogens (tertiary/aromatic N) is 3. The third kappa shape index (κ3) is 3.76. The summed E-state index contributed by atoms with van der Waals surface area (Å²) in [6, 6.07) is 5.09. The van der Waals surface area contributed by atoms with Crippen LogP contribution in [-0.2, 0) is 13.1 Å². The molecule has 6 nitrogen and oxygen atoms in total. The highest BCUT2D eigenvalue weighted by atomic mass is 35.5. The second kappa shape index (κ2) is 7.37. The number of amides is 1. The van der Waals surface area contributed by atoms with Gasteiger partial charge in [-0.3, -0.25) is 9.48 Å². The fourth-order valence-corrected chi connectivity index (χ4v) is 2.39. The molecule has 0 radical (unpaired) electrons. The predicted molar refractivity (Wildman–Crippen MR) is 88.3 cm³/mol. The van der Waals surface area contributed by atoms with Crippen LogP contribution < -0.4 is 9.47 Å².